The second kappa shape index (κ2) is 7.68. The van der Waals surface area contributed by atoms with Gasteiger partial charge in [0.2, 0.25) is 5.91 Å². The summed E-state index contributed by atoms with van der Waals surface area (Å²) in [6.07, 6.45) is 5.50. The van der Waals surface area contributed by atoms with Crippen LogP contribution in [0.1, 0.15) is 55.1 Å². The quantitative estimate of drug-likeness (QED) is 0.564. The van der Waals surface area contributed by atoms with E-state index >= 15 is 0 Å². The Kier molecular flexibility index (Phi) is 5.10. The number of hydrogen-bond donors (Lipinski definition) is 1. The average Bonchev–Trinajstić information content (AvgIpc) is 3.33. The molecule has 2 amide bonds. The highest BCUT2D eigenvalue weighted by atomic mass is 35.5. The van der Waals surface area contributed by atoms with Crippen LogP contribution < -0.4 is 10.2 Å². The second-order valence-corrected chi connectivity index (χ2v) is 10.3. The first-order valence-corrected chi connectivity index (χ1v) is 12.1. The highest BCUT2D eigenvalue weighted by Crippen LogP contribution is 2.39. The van der Waals surface area contributed by atoms with Gasteiger partial charge in [0, 0.05) is 22.1 Å². The van der Waals surface area contributed by atoms with Crippen molar-refractivity contribution >= 4 is 50.7 Å². The van der Waals surface area contributed by atoms with Gasteiger partial charge >= 0.3 is 0 Å². The molecule has 1 aliphatic heterocycles. The zero-order valence-corrected chi connectivity index (χ0v) is 19.4. The molecule has 0 spiro atoms. The Bertz CT molecular complexity index is 1180. The molecule has 3 heterocycles. The molecular formula is C24H26ClN3O2S. The van der Waals surface area contributed by atoms with Gasteiger partial charge in [0.05, 0.1) is 6.54 Å². The fourth-order valence-electron chi connectivity index (χ4n) is 5.03. The highest BCUT2D eigenvalue weighted by Gasteiger charge is 2.49. The number of thiophene rings is 1. The molecule has 1 saturated carbocycles. The number of anilines is 1. The topological polar surface area (TPSA) is 54.3 Å². The molecule has 1 fully saturated rings. The van der Waals surface area contributed by atoms with E-state index in [4.69, 9.17) is 11.6 Å². The maximum Gasteiger partial charge on any atom is 0.275 e. The Morgan fingerprint density at radius 1 is 1.19 bits per heavy atom. The van der Waals surface area contributed by atoms with E-state index in [2.05, 4.69) is 5.32 Å². The summed E-state index contributed by atoms with van der Waals surface area (Å²) in [5, 5.41) is 6.96. The molecule has 2 aliphatic rings. The van der Waals surface area contributed by atoms with Gasteiger partial charge in [-0.2, -0.15) is 0 Å². The van der Waals surface area contributed by atoms with Crippen LogP contribution in [0.2, 0.25) is 5.02 Å². The molecule has 5 rings (SSSR count). The third kappa shape index (κ3) is 3.37. The van der Waals surface area contributed by atoms with E-state index in [0.29, 0.717) is 17.3 Å². The second-order valence-electron chi connectivity index (χ2n) is 8.95. The van der Waals surface area contributed by atoms with Crippen LogP contribution in [0.5, 0.6) is 0 Å². The summed E-state index contributed by atoms with van der Waals surface area (Å²) in [4.78, 5) is 30.3. The standard InChI is InChI=1S/C24H26ClN3O2S/c1-15-12-17(25)8-9-19(15)28-21(29)20-13-16-10-11-31-22(16)27(20)14-24(28,2)23(30)26-18-6-4-3-5-7-18/h8-13,18H,3-7,14H2,1-2H3,(H,26,30)/t24-/m1/s1. The highest BCUT2D eigenvalue weighted by molar-refractivity contribution is 7.16. The lowest BCUT2D eigenvalue weighted by molar-refractivity contribution is -0.127. The van der Waals surface area contributed by atoms with Gasteiger partial charge in [-0.25, -0.2) is 0 Å². The predicted molar refractivity (Wildman–Crippen MR) is 126 cm³/mol. The van der Waals surface area contributed by atoms with Crippen molar-refractivity contribution in [2.45, 2.75) is 64.1 Å². The minimum Gasteiger partial charge on any atom is -0.351 e. The number of nitrogens with zero attached hydrogens (tertiary/aromatic N) is 2. The van der Waals surface area contributed by atoms with Crippen molar-refractivity contribution in [3.05, 3.63) is 52.0 Å². The molecule has 0 saturated heterocycles. The summed E-state index contributed by atoms with van der Waals surface area (Å²) in [7, 11) is 0. The maximum absolute atomic E-state index is 13.8. The van der Waals surface area contributed by atoms with Crippen molar-refractivity contribution in [3.8, 4) is 0 Å². The number of benzene rings is 1. The van der Waals surface area contributed by atoms with Gasteiger partial charge in [-0.3, -0.25) is 14.5 Å². The molecular weight excluding hydrogens is 430 g/mol. The number of fused-ring (bicyclic) bond motifs is 3. The number of amides is 2. The van der Waals surface area contributed by atoms with Crippen LogP contribution >= 0.6 is 22.9 Å². The molecule has 7 heteroatoms. The lowest BCUT2D eigenvalue weighted by atomic mass is 9.90. The first-order chi connectivity index (χ1) is 14.9. The Morgan fingerprint density at radius 3 is 2.71 bits per heavy atom. The number of hydrogen-bond acceptors (Lipinski definition) is 3. The fourth-order valence-corrected chi connectivity index (χ4v) is 6.16. The van der Waals surface area contributed by atoms with Gasteiger partial charge in [0.15, 0.2) is 0 Å². The van der Waals surface area contributed by atoms with Crippen molar-refractivity contribution in [3.63, 3.8) is 0 Å². The number of carbonyl (C=O) groups is 2. The van der Waals surface area contributed by atoms with E-state index in [1.54, 1.807) is 22.3 Å². The molecule has 0 bridgehead atoms. The number of carbonyl (C=O) groups excluding carboxylic acids is 2. The zero-order valence-electron chi connectivity index (χ0n) is 17.8. The number of rotatable bonds is 3. The van der Waals surface area contributed by atoms with E-state index in [9.17, 15) is 9.59 Å². The molecule has 1 aliphatic carbocycles. The first kappa shape index (κ1) is 20.6. The van der Waals surface area contributed by atoms with Gasteiger partial charge < -0.3 is 9.88 Å². The summed E-state index contributed by atoms with van der Waals surface area (Å²) in [6.45, 7) is 4.23. The molecule has 3 aromatic rings. The summed E-state index contributed by atoms with van der Waals surface area (Å²) in [5.74, 6) is -0.243. The van der Waals surface area contributed by atoms with Gasteiger partial charge in [-0.05, 0) is 68.0 Å². The van der Waals surface area contributed by atoms with Crippen molar-refractivity contribution in [2.24, 2.45) is 0 Å². The monoisotopic (exact) mass is 455 g/mol. The van der Waals surface area contributed by atoms with Crippen LogP contribution in [0.4, 0.5) is 5.69 Å². The van der Waals surface area contributed by atoms with Crippen molar-refractivity contribution in [2.75, 3.05) is 4.90 Å². The van der Waals surface area contributed by atoms with Gasteiger partial charge in [0.25, 0.3) is 5.91 Å². The third-order valence-electron chi connectivity index (χ3n) is 6.71. The van der Waals surface area contributed by atoms with Gasteiger partial charge in [-0.15, -0.1) is 11.3 Å². The van der Waals surface area contributed by atoms with Gasteiger partial charge in [-0.1, -0.05) is 30.9 Å². The summed E-state index contributed by atoms with van der Waals surface area (Å²) >= 11 is 7.79. The van der Waals surface area contributed by atoms with E-state index in [0.717, 1.165) is 47.2 Å². The van der Waals surface area contributed by atoms with E-state index < -0.39 is 5.54 Å². The molecule has 0 unspecified atom stereocenters. The van der Waals surface area contributed by atoms with Gasteiger partial charge in [0.1, 0.15) is 16.1 Å². The fraction of sp³-hybridized carbons (Fsp3) is 0.417. The Morgan fingerprint density at radius 2 is 1.97 bits per heavy atom. The number of aromatic nitrogens is 1. The van der Waals surface area contributed by atoms with Crippen LogP contribution in [0.15, 0.2) is 35.7 Å². The Hall–Kier alpha value is -2.31. The maximum atomic E-state index is 13.8. The van der Waals surface area contributed by atoms with Crippen LogP contribution in [-0.2, 0) is 11.3 Å². The number of aryl methyl sites for hydroxylation is 1. The first-order valence-electron chi connectivity index (χ1n) is 10.9. The van der Waals surface area contributed by atoms with Crippen molar-refractivity contribution in [1.82, 2.24) is 9.88 Å². The SMILES string of the molecule is Cc1cc(Cl)ccc1N1C(=O)c2cc3ccsc3n2C[C@]1(C)C(=O)NC1CCCCC1. The predicted octanol–water partition coefficient (Wildman–Crippen LogP) is 5.53. The summed E-state index contributed by atoms with van der Waals surface area (Å²) in [6, 6.07) is 9.61. The van der Waals surface area contributed by atoms with E-state index in [1.807, 2.05) is 48.1 Å². The van der Waals surface area contributed by atoms with Crippen molar-refractivity contribution in [1.29, 1.82) is 0 Å². The third-order valence-corrected chi connectivity index (χ3v) is 7.90. The number of nitrogens with one attached hydrogen (secondary N) is 1. The molecule has 162 valence electrons. The number of halogens is 1. The molecule has 31 heavy (non-hydrogen) atoms. The molecule has 1 N–H and O–H groups in total. The smallest absolute Gasteiger partial charge is 0.275 e. The molecule has 2 aromatic heterocycles. The molecule has 1 atom stereocenters. The van der Waals surface area contributed by atoms with Crippen molar-refractivity contribution < 1.29 is 9.59 Å². The molecule has 5 nitrogen and oxygen atoms in total. The minimum absolute atomic E-state index is 0.0915. The average molecular weight is 456 g/mol. The van der Waals surface area contributed by atoms with Crippen LogP contribution in [0.25, 0.3) is 10.2 Å². The molecule has 1 aromatic carbocycles. The van der Waals surface area contributed by atoms with E-state index in [-0.39, 0.29) is 17.9 Å². The lowest BCUT2D eigenvalue weighted by Gasteiger charge is -2.45. The van der Waals surface area contributed by atoms with E-state index in [1.165, 1.54) is 6.42 Å². The Balaban J connectivity index is 1.62. The lowest BCUT2D eigenvalue weighted by Crippen LogP contribution is -2.65. The van der Waals surface area contributed by atoms with Crippen LogP contribution in [0.3, 0.4) is 0 Å². The summed E-state index contributed by atoms with van der Waals surface area (Å²) < 4.78 is 2.02. The zero-order chi connectivity index (χ0) is 21.8. The van der Waals surface area contributed by atoms with Crippen LogP contribution in [-0.4, -0.2) is 28.0 Å². The minimum atomic E-state index is -1.05. The van der Waals surface area contributed by atoms with Crippen LogP contribution in [0, 0.1) is 6.92 Å². The largest absolute Gasteiger partial charge is 0.351 e. The summed E-state index contributed by atoms with van der Waals surface area (Å²) in [5.41, 5.74) is 1.18. The normalized spacial score (nSPS) is 22.0. The molecule has 0 radical (unpaired) electrons. The Labute approximate surface area is 191 Å².